The average Bonchev–Trinajstić information content (AvgIpc) is 2.44. The number of carboxylic acids is 1. The van der Waals surface area contributed by atoms with Crippen molar-refractivity contribution in [2.75, 3.05) is 6.54 Å². The summed E-state index contributed by atoms with van der Waals surface area (Å²) >= 11 is 0. The molecule has 116 valence electrons. The summed E-state index contributed by atoms with van der Waals surface area (Å²) in [6.07, 6.45) is 0. The van der Waals surface area contributed by atoms with Crippen LogP contribution >= 0.6 is 0 Å². The van der Waals surface area contributed by atoms with Crippen molar-refractivity contribution >= 4 is 22.9 Å². The summed E-state index contributed by atoms with van der Waals surface area (Å²) in [4.78, 5) is 51.8. The van der Waals surface area contributed by atoms with Gasteiger partial charge in [0.15, 0.2) is 0 Å². The Morgan fingerprint density at radius 2 is 1.73 bits per heavy atom. The first-order valence-corrected chi connectivity index (χ1v) is 6.58. The van der Waals surface area contributed by atoms with Crippen LogP contribution in [0.5, 0.6) is 0 Å². The zero-order valence-electron chi connectivity index (χ0n) is 12.0. The van der Waals surface area contributed by atoms with E-state index in [2.05, 4.69) is 9.97 Å². The van der Waals surface area contributed by atoms with Crippen molar-refractivity contribution in [3.05, 3.63) is 44.5 Å². The van der Waals surface area contributed by atoms with Gasteiger partial charge in [0.1, 0.15) is 6.54 Å². The predicted octanol–water partition coefficient (Wildman–Crippen LogP) is 0.152. The molecule has 8 nitrogen and oxygen atoms in total. The van der Waals surface area contributed by atoms with Crippen molar-refractivity contribution in [2.45, 2.75) is 19.9 Å². The van der Waals surface area contributed by atoms with E-state index in [0.29, 0.717) is 11.0 Å². The fourth-order valence-corrected chi connectivity index (χ4v) is 2.05. The Morgan fingerprint density at radius 1 is 1.14 bits per heavy atom. The second-order valence-electron chi connectivity index (χ2n) is 5.09. The highest BCUT2D eigenvalue weighted by molar-refractivity contribution is 5.98. The van der Waals surface area contributed by atoms with E-state index in [1.807, 2.05) is 0 Å². The third kappa shape index (κ3) is 3.05. The third-order valence-corrected chi connectivity index (χ3v) is 3.16. The molecule has 3 N–H and O–H groups in total. The van der Waals surface area contributed by atoms with Gasteiger partial charge in [-0.2, -0.15) is 0 Å². The molecule has 0 radical (unpaired) electrons. The molecule has 22 heavy (non-hydrogen) atoms. The van der Waals surface area contributed by atoms with Gasteiger partial charge in [0.25, 0.3) is 5.91 Å². The van der Waals surface area contributed by atoms with Crippen molar-refractivity contribution in [1.29, 1.82) is 0 Å². The number of rotatable bonds is 4. The van der Waals surface area contributed by atoms with Crippen molar-refractivity contribution in [3.8, 4) is 0 Å². The molecule has 2 aromatic rings. The summed E-state index contributed by atoms with van der Waals surface area (Å²) in [7, 11) is 0. The summed E-state index contributed by atoms with van der Waals surface area (Å²) in [6.45, 7) is 3.00. The molecule has 0 spiro atoms. The fourth-order valence-electron chi connectivity index (χ4n) is 2.05. The summed E-state index contributed by atoms with van der Waals surface area (Å²) in [5.41, 5.74) is -0.681. The van der Waals surface area contributed by atoms with Crippen LogP contribution in [0.15, 0.2) is 27.8 Å². The molecule has 8 heteroatoms. The van der Waals surface area contributed by atoms with Crippen molar-refractivity contribution in [1.82, 2.24) is 14.9 Å². The molecule has 0 fully saturated rings. The highest BCUT2D eigenvalue weighted by atomic mass is 16.4. The van der Waals surface area contributed by atoms with E-state index in [-0.39, 0.29) is 11.6 Å². The lowest BCUT2D eigenvalue weighted by Crippen LogP contribution is -2.40. The fraction of sp³-hybridized carbons (Fsp3) is 0.286. The van der Waals surface area contributed by atoms with Crippen molar-refractivity contribution < 1.29 is 14.7 Å². The molecular weight excluding hydrogens is 290 g/mol. The lowest BCUT2D eigenvalue weighted by atomic mass is 10.1. The largest absolute Gasteiger partial charge is 0.480 e. The quantitative estimate of drug-likeness (QED) is 0.694. The Bertz CT molecular complexity index is 849. The number of fused-ring (bicyclic) bond motifs is 1. The first-order valence-electron chi connectivity index (χ1n) is 6.58. The summed E-state index contributed by atoms with van der Waals surface area (Å²) < 4.78 is 0. The van der Waals surface area contributed by atoms with Gasteiger partial charge < -0.3 is 20.0 Å². The predicted molar refractivity (Wildman–Crippen MR) is 79.0 cm³/mol. The van der Waals surface area contributed by atoms with Gasteiger partial charge in [0, 0.05) is 11.6 Å². The van der Waals surface area contributed by atoms with Crippen LogP contribution in [0.3, 0.4) is 0 Å². The standard InChI is InChI=1S/C14H15N3O5/c1-7(2)17(6-11(18)19)14(22)8-3-4-9-10(5-8)16-13(21)12(20)15-9/h3-5,7H,6H2,1-2H3,(H,15,20)(H,16,21)(H,18,19). The summed E-state index contributed by atoms with van der Waals surface area (Å²) in [6, 6.07) is 4.07. The number of nitrogens with zero attached hydrogens (tertiary/aromatic N) is 1. The van der Waals surface area contributed by atoms with Gasteiger partial charge in [-0.25, -0.2) is 0 Å². The van der Waals surface area contributed by atoms with Gasteiger partial charge in [-0.15, -0.1) is 0 Å². The topological polar surface area (TPSA) is 123 Å². The van der Waals surface area contributed by atoms with E-state index in [0.717, 1.165) is 0 Å². The Hall–Kier alpha value is -2.90. The molecule has 0 saturated heterocycles. The van der Waals surface area contributed by atoms with Gasteiger partial charge in [0.2, 0.25) is 0 Å². The number of carbonyl (C=O) groups excluding carboxylic acids is 1. The molecule has 0 unspecified atom stereocenters. The minimum absolute atomic E-state index is 0.227. The van der Waals surface area contributed by atoms with Crippen molar-refractivity contribution in [2.24, 2.45) is 0 Å². The van der Waals surface area contributed by atoms with Gasteiger partial charge >= 0.3 is 17.1 Å². The van der Waals surface area contributed by atoms with Crippen LogP contribution in [0, 0.1) is 0 Å². The Kier molecular flexibility index (Phi) is 4.11. The molecule has 0 atom stereocenters. The maximum absolute atomic E-state index is 12.4. The SMILES string of the molecule is CC(C)N(CC(=O)O)C(=O)c1ccc2[nH]c(=O)c(=O)[nH]c2c1. The number of nitrogens with one attached hydrogen (secondary N) is 2. The molecule has 1 aromatic heterocycles. The monoisotopic (exact) mass is 305 g/mol. The summed E-state index contributed by atoms with van der Waals surface area (Å²) in [5.74, 6) is -1.58. The molecule has 0 aliphatic heterocycles. The summed E-state index contributed by atoms with van der Waals surface area (Å²) in [5, 5.41) is 8.89. The number of amides is 1. The van der Waals surface area contributed by atoms with E-state index >= 15 is 0 Å². The van der Waals surface area contributed by atoms with Crippen LogP contribution in [0.1, 0.15) is 24.2 Å². The molecule has 0 bridgehead atoms. The number of carboxylic acid groups (broad SMARTS) is 1. The molecule has 2 rings (SSSR count). The van der Waals surface area contributed by atoms with Gasteiger partial charge in [-0.3, -0.25) is 19.2 Å². The third-order valence-electron chi connectivity index (χ3n) is 3.16. The van der Waals surface area contributed by atoms with E-state index in [9.17, 15) is 19.2 Å². The molecule has 1 amide bonds. The first kappa shape index (κ1) is 15.5. The number of benzene rings is 1. The van der Waals surface area contributed by atoms with E-state index in [1.165, 1.54) is 23.1 Å². The Balaban J connectivity index is 2.47. The van der Waals surface area contributed by atoms with E-state index in [4.69, 9.17) is 5.11 Å². The van der Waals surface area contributed by atoms with Crippen LogP contribution in [-0.2, 0) is 4.79 Å². The van der Waals surface area contributed by atoms with Crippen LogP contribution in [0.2, 0.25) is 0 Å². The molecule has 0 aliphatic rings. The van der Waals surface area contributed by atoms with Crippen LogP contribution in [-0.4, -0.2) is 44.4 Å². The average molecular weight is 305 g/mol. The smallest absolute Gasteiger partial charge is 0.323 e. The van der Waals surface area contributed by atoms with Crippen LogP contribution in [0.25, 0.3) is 11.0 Å². The number of aliphatic carboxylic acids is 1. The maximum Gasteiger partial charge on any atom is 0.323 e. The minimum atomic E-state index is -1.11. The number of H-pyrrole nitrogens is 2. The van der Waals surface area contributed by atoms with Crippen LogP contribution < -0.4 is 11.1 Å². The number of hydrogen-bond acceptors (Lipinski definition) is 4. The zero-order valence-corrected chi connectivity index (χ0v) is 12.0. The number of carbonyl (C=O) groups is 2. The van der Waals surface area contributed by atoms with Crippen molar-refractivity contribution in [3.63, 3.8) is 0 Å². The Morgan fingerprint density at radius 3 is 2.27 bits per heavy atom. The van der Waals surface area contributed by atoms with Gasteiger partial charge in [-0.05, 0) is 32.0 Å². The molecule has 0 saturated carbocycles. The lowest BCUT2D eigenvalue weighted by molar-refractivity contribution is -0.138. The zero-order chi connectivity index (χ0) is 16.4. The van der Waals surface area contributed by atoms with E-state index < -0.39 is 29.5 Å². The number of hydrogen-bond donors (Lipinski definition) is 3. The molecular formula is C14H15N3O5. The highest BCUT2D eigenvalue weighted by Gasteiger charge is 2.21. The highest BCUT2D eigenvalue weighted by Crippen LogP contribution is 2.13. The second kappa shape index (κ2) is 5.84. The maximum atomic E-state index is 12.4. The normalized spacial score (nSPS) is 10.9. The van der Waals surface area contributed by atoms with E-state index in [1.54, 1.807) is 13.8 Å². The Labute approximate surface area is 124 Å². The van der Waals surface area contributed by atoms with Gasteiger partial charge in [0.05, 0.1) is 11.0 Å². The minimum Gasteiger partial charge on any atom is -0.480 e. The molecule has 1 heterocycles. The molecule has 1 aromatic carbocycles. The number of aromatic nitrogens is 2. The number of aromatic amines is 2. The second-order valence-corrected chi connectivity index (χ2v) is 5.09. The lowest BCUT2D eigenvalue weighted by Gasteiger charge is -2.25. The molecule has 0 aliphatic carbocycles. The first-order chi connectivity index (χ1) is 10.3. The van der Waals surface area contributed by atoms with Crippen LogP contribution in [0.4, 0.5) is 0 Å². The van der Waals surface area contributed by atoms with Gasteiger partial charge in [-0.1, -0.05) is 0 Å².